The highest BCUT2D eigenvalue weighted by molar-refractivity contribution is 5.99. The summed E-state index contributed by atoms with van der Waals surface area (Å²) in [5.74, 6) is 1.12. The summed E-state index contributed by atoms with van der Waals surface area (Å²) in [5, 5.41) is 7.87. The summed E-state index contributed by atoms with van der Waals surface area (Å²) < 4.78 is 6.69. The van der Waals surface area contributed by atoms with Gasteiger partial charge >= 0.3 is 5.97 Å². The molecule has 45 heavy (non-hydrogen) atoms. The van der Waals surface area contributed by atoms with Gasteiger partial charge in [-0.2, -0.15) is 5.10 Å². The molecule has 2 amide bonds. The number of carbonyl (C=O) groups is 3. The Kier molecular flexibility index (Phi) is 7.38. The fourth-order valence-electron chi connectivity index (χ4n) is 7.25. The molecular weight excluding hydrogens is 572 g/mol. The lowest BCUT2D eigenvalue weighted by Gasteiger charge is -2.36. The van der Waals surface area contributed by atoms with Crippen LogP contribution >= 0.6 is 0 Å². The number of rotatable bonds is 6. The highest BCUT2D eigenvalue weighted by atomic mass is 16.6. The Bertz CT molecular complexity index is 1690. The number of ether oxygens (including phenoxy) is 1. The molecule has 11 nitrogen and oxygen atoms in total. The van der Waals surface area contributed by atoms with E-state index in [2.05, 4.69) is 25.1 Å². The van der Waals surface area contributed by atoms with Crippen LogP contribution in [0.25, 0.3) is 10.8 Å². The zero-order valence-corrected chi connectivity index (χ0v) is 26.1. The molecule has 3 unspecified atom stereocenters. The van der Waals surface area contributed by atoms with Gasteiger partial charge in [-0.25, -0.2) is 9.48 Å². The minimum absolute atomic E-state index is 0.196. The highest BCUT2D eigenvalue weighted by Gasteiger charge is 2.55. The molecule has 0 bridgehead atoms. The Hall–Kier alpha value is -4.25. The lowest BCUT2D eigenvalue weighted by atomic mass is 10.1. The van der Waals surface area contributed by atoms with Crippen molar-refractivity contribution in [3.05, 3.63) is 64.6 Å². The number of hydrogen-bond acceptors (Lipinski definition) is 9. The average molecular weight is 613 g/mol. The number of fused-ring (bicyclic) bond motifs is 2. The van der Waals surface area contributed by atoms with E-state index in [0.29, 0.717) is 10.9 Å². The van der Waals surface area contributed by atoms with Crippen LogP contribution in [-0.2, 0) is 14.3 Å². The van der Waals surface area contributed by atoms with Gasteiger partial charge in [0.25, 0.3) is 11.5 Å². The first-order valence-electron chi connectivity index (χ1n) is 15.9. The third kappa shape index (κ3) is 5.93. The molecule has 1 N–H and O–H groups in total. The summed E-state index contributed by atoms with van der Waals surface area (Å²) in [5.41, 5.74) is 2.01. The van der Waals surface area contributed by atoms with Crippen LogP contribution in [-0.4, -0.2) is 83.9 Å². The molecule has 4 aliphatic rings. The number of anilines is 2. The summed E-state index contributed by atoms with van der Waals surface area (Å²) in [6, 6.07) is 12.9. The van der Waals surface area contributed by atoms with Gasteiger partial charge in [0.05, 0.1) is 17.1 Å². The predicted octanol–water partition coefficient (Wildman–Crippen LogP) is 2.83. The van der Waals surface area contributed by atoms with Gasteiger partial charge in [-0.3, -0.25) is 24.6 Å². The van der Waals surface area contributed by atoms with E-state index in [9.17, 15) is 19.2 Å². The fraction of sp³-hybridized carbons (Fsp3) is 0.500. The van der Waals surface area contributed by atoms with Crippen LogP contribution in [0.4, 0.5) is 11.4 Å². The van der Waals surface area contributed by atoms with Crippen molar-refractivity contribution in [2.75, 3.05) is 55.6 Å². The second kappa shape index (κ2) is 11.3. The topological polar surface area (TPSA) is 117 Å². The Morgan fingerprint density at radius 2 is 1.62 bits per heavy atom. The van der Waals surface area contributed by atoms with Gasteiger partial charge in [-0.15, -0.1) is 0 Å². The first kappa shape index (κ1) is 29.5. The maximum atomic E-state index is 13.2. The number of imide groups is 1. The van der Waals surface area contributed by atoms with Gasteiger partial charge in [0.15, 0.2) is 0 Å². The monoisotopic (exact) mass is 612 g/mol. The van der Waals surface area contributed by atoms with Crippen LogP contribution < -0.4 is 20.7 Å². The van der Waals surface area contributed by atoms with Crippen LogP contribution in [0.5, 0.6) is 0 Å². The zero-order chi connectivity index (χ0) is 31.5. The minimum Gasteiger partial charge on any atom is -0.456 e. The smallest absolute Gasteiger partial charge is 0.338 e. The van der Waals surface area contributed by atoms with Crippen LogP contribution in [0.15, 0.2) is 53.5 Å². The standard InChI is InChI=1S/C34H40N6O5/c1-34(2,3)45-33(44)21-4-6-23(7-5-21)39-19-27-26(28(27)20-39)18-37-12-14-38(15-13-37)24-8-9-25-22(16-24)17-35-40(32(25)43)29-10-11-30(41)36-31(29)42/h4-9,16-17,26-29H,10-15,18-20H2,1-3H3,(H,36,41,42). The van der Waals surface area contributed by atoms with Crippen molar-refractivity contribution in [3.8, 4) is 0 Å². The number of nitrogens with one attached hydrogen (secondary N) is 1. The van der Waals surface area contributed by atoms with Crippen molar-refractivity contribution in [2.24, 2.45) is 17.8 Å². The van der Waals surface area contributed by atoms with E-state index in [-0.39, 0.29) is 30.3 Å². The summed E-state index contributed by atoms with van der Waals surface area (Å²) in [6.45, 7) is 12.7. The third-order valence-corrected chi connectivity index (χ3v) is 9.75. The SMILES string of the molecule is CC(C)(C)OC(=O)c1ccc(N2CC3C(CN4CCN(c5ccc6c(=O)n(C7CCC(=O)NC7=O)ncc6c5)CC4)C3C2)cc1. The Morgan fingerprint density at radius 3 is 2.29 bits per heavy atom. The molecule has 3 saturated heterocycles. The second-order valence-corrected chi connectivity index (χ2v) is 13.9. The molecule has 3 atom stereocenters. The number of hydrogen-bond donors (Lipinski definition) is 1. The number of piperazine rings is 1. The van der Waals surface area contributed by atoms with E-state index in [1.165, 1.54) is 10.4 Å². The molecule has 0 spiro atoms. The molecular formula is C34H40N6O5. The number of esters is 1. The molecule has 0 radical (unpaired) electrons. The highest BCUT2D eigenvalue weighted by Crippen LogP contribution is 2.53. The Morgan fingerprint density at radius 1 is 0.933 bits per heavy atom. The summed E-state index contributed by atoms with van der Waals surface area (Å²) in [4.78, 5) is 56.7. The molecule has 1 aromatic heterocycles. The first-order chi connectivity index (χ1) is 21.5. The van der Waals surface area contributed by atoms with Crippen molar-refractivity contribution in [1.82, 2.24) is 20.0 Å². The molecule has 1 saturated carbocycles. The van der Waals surface area contributed by atoms with Crippen LogP contribution in [0, 0.1) is 17.8 Å². The largest absolute Gasteiger partial charge is 0.456 e. The first-order valence-corrected chi connectivity index (χ1v) is 15.9. The average Bonchev–Trinajstić information content (AvgIpc) is 3.43. The summed E-state index contributed by atoms with van der Waals surface area (Å²) in [7, 11) is 0. The van der Waals surface area contributed by atoms with E-state index in [1.54, 1.807) is 6.20 Å². The van der Waals surface area contributed by atoms with E-state index in [1.807, 2.05) is 63.2 Å². The van der Waals surface area contributed by atoms with Crippen molar-refractivity contribution in [1.29, 1.82) is 0 Å². The van der Waals surface area contributed by atoms with E-state index >= 15 is 0 Å². The maximum absolute atomic E-state index is 13.2. The molecule has 236 valence electrons. The van der Waals surface area contributed by atoms with E-state index in [0.717, 1.165) is 74.6 Å². The van der Waals surface area contributed by atoms with Crippen molar-refractivity contribution in [2.45, 2.75) is 45.3 Å². The third-order valence-electron chi connectivity index (χ3n) is 9.75. The normalized spacial score (nSPS) is 25.3. The number of benzene rings is 2. The second-order valence-electron chi connectivity index (χ2n) is 13.9. The quantitative estimate of drug-likeness (QED) is 0.331. The van der Waals surface area contributed by atoms with Gasteiger partial charge in [0.2, 0.25) is 5.91 Å². The maximum Gasteiger partial charge on any atom is 0.338 e. The Labute approximate surface area is 262 Å². The van der Waals surface area contributed by atoms with Gasteiger partial charge in [-0.05, 0) is 87.4 Å². The number of aromatic nitrogens is 2. The van der Waals surface area contributed by atoms with Crippen LogP contribution in [0.1, 0.15) is 50.0 Å². The molecule has 7 rings (SSSR count). The summed E-state index contributed by atoms with van der Waals surface area (Å²) in [6.07, 6.45) is 2.11. The van der Waals surface area contributed by atoms with Gasteiger partial charge < -0.3 is 14.5 Å². The van der Waals surface area contributed by atoms with Gasteiger partial charge in [0, 0.05) is 69.0 Å². The van der Waals surface area contributed by atoms with Crippen LogP contribution in [0.3, 0.4) is 0 Å². The molecule has 11 heteroatoms. The molecule has 3 aliphatic heterocycles. The molecule has 1 aliphatic carbocycles. The lowest BCUT2D eigenvalue weighted by molar-refractivity contribution is -0.136. The summed E-state index contributed by atoms with van der Waals surface area (Å²) >= 11 is 0. The Balaban J connectivity index is 0.902. The molecule has 4 heterocycles. The minimum atomic E-state index is -0.765. The van der Waals surface area contributed by atoms with E-state index < -0.39 is 17.6 Å². The predicted molar refractivity (Wildman–Crippen MR) is 170 cm³/mol. The lowest BCUT2D eigenvalue weighted by Crippen LogP contribution is -2.47. The van der Waals surface area contributed by atoms with E-state index in [4.69, 9.17) is 4.74 Å². The molecule has 4 fully saturated rings. The van der Waals surface area contributed by atoms with Crippen molar-refractivity contribution < 1.29 is 19.1 Å². The van der Waals surface area contributed by atoms with Crippen molar-refractivity contribution >= 4 is 39.9 Å². The van der Waals surface area contributed by atoms with Crippen molar-refractivity contribution in [3.63, 3.8) is 0 Å². The fourth-order valence-corrected chi connectivity index (χ4v) is 7.25. The zero-order valence-electron chi connectivity index (χ0n) is 26.1. The van der Waals surface area contributed by atoms with Crippen LogP contribution in [0.2, 0.25) is 0 Å². The molecule has 2 aromatic carbocycles. The molecule has 3 aromatic rings. The number of nitrogens with zero attached hydrogens (tertiary/aromatic N) is 5. The number of amides is 2. The van der Waals surface area contributed by atoms with Gasteiger partial charge in [0.1, 0.15) is 11.6 Å². The number of piperidine rings is 2. The van der Waals surface area contributed by atoms with Gasteiger partial charge in [-0.1, -0.05) is 0 Å². The number of carbonyl (C=O) groups excluding carboxylic acids is 3.